The van der Waals surface area contributed by atoms with Gasteiger partial charge in [-0.25, -0.2) is 12.7 Å². The van der Waals surface area contributed by atoms with Gasteiger partial charge in [0.05, 0.1) is 5.75 Å². The molecule has 3 rings (SSSR count). The predicted molar refractivity (Wildman–Crippen MR) is 113 cm³/mol. The minimum Gasteiger partial charge on any atom is -0.371 e. The second-order valence-electron chi connectivity index (χ2n) is 8.02. The van der Waals surface area contributed by atoms with Crippen LogP contribution in [-0.2, 0) is 14.8 Å². The first kappa shape index (κ1) is 21.1. The van der Waals surface area contributed by atoms with Crippen molar-refractivity contribution in [3.8, 4) is 0 Å². The maximum absolute atomic E-state index is 12.5. The number of hydrogen-bond acceptors (Lipinski definition) is 4. The van der Waals surface area contributed by atoms with Crippen molar-refractivity contribution in [3.05, 3.63) is 30.3 Å². The van der Waals surface area contributed by atoms with E-state index in [9.17, 15) is 13.2 Å². The molecule has 0 spiro atoms. The standard InChI is InChI=1S/C21H33N3O3S/c1-2-3-15-28(26,27)24-13-10-19(11-14-24)21(25)22-16-18-9-12-23(17-18)20-7-5-4-6-8-20/h4-8,18-19H,2-3,9-17H2,1H3,(H,22,25). The molecule has 1 N–H and O–H groups in total. The summed E-state index contributed by atoms with van der Waals surface area (Å²) in [6.07, 6.45) is 3.91. The van der Waals surface area contributed by atoms with Crippen LogP contribution in [0.5, 0.6) is 0 Å². The van der Waals surface area contributed by atoms with Crippen molar-refractivity contribution in [1.82, 2.24) is 9.62 Å². The third kappa shape index (κ3) is 5.47. The molecule has 1 aromatic rings. The Kier molecular flexibility index (Phi) is 7.35. The summed E-state index contributed by atoms with van der Waals surface area (Å²) in [5.41, 5.74) is 1.24. The molecular formula is C21H33N3O3S. The number of piperidine rings is 1. The number of benzene rings is 1. The van der Waals surface area contributed by atoms with Crippen LogP contribution >= 0.6 is 0 Å². The predicted octanol–water partition coefficient (Wildman–Crippen LogP) is 2.47. The molecule has 0 saturated carbocycles. The van der Waals surface area contributed by atoms with Crippen LogP contribution in [0.4, 0.5) is 5.69 Å². The van der Waals surface area contributed by atoms with Crippen LogP contribution in [0.25, 0.3) is 0 Å². The molecule has 0 bridgehead atoms. The number of carbonyl (C=O) groups excluding carboxylic acids is 1. The van der Waals surface area contributed by atoms with Crippen LogP contribution in [0.1, 0.15) is 39.0 Å². The zero-order valence-corrected chi connectivity index (χ0v) is 17.7. The highest BCUT2D eigenvalue weighted by Gasteiger charge is 2.31. The van der Waals surface area contributed by atoms with E-state index in [1.165, 1.54) is 5.69 Å². The fraction of sp³-hybridized carbons (Fsp3) is 0.667. The molecule has 1 atom stereocenters. The van der Waals surface area contributed by atoms with Crippen molar-refractivity contribution < 1.29 is 13.2 Å². The molecule has 2 heterocycles. The highest BCUT2D eigenvalue weighted by atomic mass is 32.2. The molecule has 2 aliphatic heterocycles. The summed E-state index contributed by atoms with van der Waals surface area (Å²) in [5, 5.41) is 3.12. The largest absolute Gasteiger partial charge is 0.371 e. The van der Waals surface area contributed by atoms with Gasteiger partial charge in [0.15, 0.2) is 0 Å². The zero-order valence-electron chi connectivity index (χ0n) is 16.8. The number of amides is 1. The van der Waals surface area contributed by atoms with E-state index in [1.54, 1.807) is 4.31 Å². The lowest BCUT2D eigenvalue weighted by atomic mass is 9.97. The summed E-state index contributed by atoms with van der Waals surface area (Å²) in [6, 6.07) is 10.4. The van der Waals surface area contributed by atoms with Gasteiger partial charge in [0, 0.05) is 44.3 Å². The molecule has 1 aromatic carbocycles. The maximum Gasteiger partial charge on any atom is 0.223 e. The van der Waals surface area contributed by atoms with E-state index in [4.69, 9.17) is 0 Å². The summed E-state index contributed by atoms with van der Waals surface area (Å²) in [5.74, 6) is 0.714. The summed E-state index contributed by atoms with van der Waals surface area (Å²) in [6.45, 7) is 5.63. The number of anilines is 1. The second kappa shape index (κ2) is 9.74. The van der Waals surface area contributed by atoms with Crippen LogP contribution in [-0.4, -0.2) is 57.1 Å². The Morgan fingerprint density at radius 2 is 1.82 bits per heavy atom. The van der Waals surface area contributed by atoms with E-state index >= 15 is 0 Å². The fourth-order valence-electron chi connectivity index (χ4n) is 4.11. The van der Waals surface area contributed by atoms with E-state index in [2.05, 4.69) is 34.5 Å². The molecule has 0 aliphatic carbocycles. The Hall–Kier alpha value is -1.60. The molecule has 2 aliphatic rings. The molecule has 1 unspecified atom stereocenters. The molecule has 6 nitrogen and oxygen atoms in total. The Balaban J connectivity index is 1.39. The van der Waals surface area contributed by atoms with E-state index in [-0.39, 0.29) is 17.6 Å². The van der Waals surface area contributed by atoms with Crippen LogP contribution in [0, 0.1) is 11.8 Å². The van der Waals surface area contributed by atoms with Gasteiger partial charge in [0.2, 0.25) is 15.9 Å². The zero-order chi connectivity index (χ0) is 20.0. The quantitative estimate of drug-likeness (QED) is 0.719. The molecule has 1 amide bonds. The lowest BCUT2D eigenvalue weighted by Crippen LogP contribution is -2.44. The van der Waals surface area contributed by atoms with Crippen molar-refractivity contribution in [3.63, 3.8) is 0 Å². The van der Waals surface area contributed by atoms with Gasteiger partial charge >= 0.3 is 0 Å². The fourth-order valence-corrected chi connectivity index (χ4v) is 5.79. The first-order valence-electron chi connectivity index (χ1n) is 10.5. The van der Waals surface area contributed by atoms with Crippen LogP contribution in [0.2, 0.25) is 0 Å². The number of sulfonamides is 1. The molecule has 2 fully saturated rings. The van der Waals surface area contributed by atoms with Gasteiger partial charge in [-0.1, -0.05) is 31.5 Å². The number of rotatable bonds is 8. The number of hydrogen-bond donors (Lipinski definition) is 1. The summed E-state index contributed by atoms with van der Waals surface area (Å²) in [7, 11) is -3.16. The van der Waals surface area contributed by atoms with Gasteiger partial charge in [-0.15, -0.1) is 0 Å². The molecular weight excluding hydrogens is 374 g/mol. The molecule has 0 aromatic heterocycles. The van der Waals surface area contributed by atoms with Crippen molar-refractivity contribution in [2.24, 2.45) is 11.8 Å². The summed E-state index contributed by atoms with van der Waals surface area (Å²) < 4.78 is 26.1. The first-order chi connectivity index (χ1) is 13.5. The van der Waals surface area contributed by atoms with E-state index < -0.39 is 10.0 Å². The van der Waals surface area contributed by atoms with Crippen LogP contribution in [0.3, 0.4) is 0 Å². The highest BCUT2D eigenvalue weighted by molar-refractivity contribution is 7.89. The van der Waals surface area contributed by atoms with Crippen molar-refractivity contribution in [2.75, 3.05) is 43.4 Å². The van der Waals surface area contributed by atoms with Crippen molar-refractivity contribution in [1.29, 1.82) is 0 Å². The first-order valence-corrected chi connectivity index (χ1v) is 12.2. The van der Waals surface area contributed by atoms with Crippen molar-refractivity contribution in [2.45, 2.75) is 39.0 Å². The van der Waals surface area contributed by atoms with Gasteiger partial charge < -0.3 is 10.2 Å². The molecule has 7 heteroatoms. The lowest BCUT2D eigenvalue weighted by Gasteiger charge is -2.30. The number of unbranched alkanes of at least 4 members (excludes halogenated alkanes) is 1. The molecule has 28 heavy (non-hydrogen) atoms. The van der Waals surface area contributed by atoms with Gasteiger partial charge in [0.25, 0.3) is 0 Å². The average Bonchev–Trinajstić information content (AvgIpc) is 3.20. The van der Waals surface area contributed by atoms with E-state index in [0.717, 1.165) is 25.9 Å². The minimum absolute atomic E-state index is 0.0655. The smallest absolute Gasteiger partial charge is 0.223 e. The molecule has 156 valence electrons. The third-order valence-electron chi connectivity index (χ3n) is 5.95. The van der Waals surface area contributed by atoms with Gasteiger partial charge in [-0.2, -0.15) is 0 Å². The Labute approximate surface area is 169 Å². The lowest BCUT2D eigenvalue weighted by molar-refractivity contribution is -0.126. The average molecular weight is 408 g/mol. The number of carbonyl (C=O) groups is 1. The highest BCUT2D eigenvalue weighted by Crippen LogP contribution is 2.24. The number of para-hydroxylation sites is 1. The van der Waals surface area contributed by atoms with Crippen LogP contribution < -0.4 is 10.2 Å². The minimum atomic E-state index is -3.16. The topological polar surface area (TPSA) is 69.7 Å². The molecule has 2 saturated heterocycles. The Morgan fingerprint density at radius 1 is 1.11 bits per heavy atom. The monoisotopic (exact) mass is 407 g/mol. The maximum atomic E-state index is 12.5. The van der Waals surface area contributed by atoms with E-state index in [0.29, 0.717) is 44.8 Å². The summed E-state index contributed by atoms with van der Waals surface area (Å²) in [4.78, 5) is 14.9. The number of nitrogens with zero attached hydrogens (tertiary/aromatic N) is 2. The van der Waals surface area contributed by atoms with E-state index in [1.807, 2.05) is 13.0 Å². The Bertz CT molecular complexity index is 731. The summed E-state index contributed by atoms with van der Waals surface area (Å²) >= 11 is 0. The van der Waals surface area contributed by atoms with Gasteiger partial charge in [-0.05, 0) is 43.7 Å². The third-order valence-corrected chi connectivity index (χ3v) is 7.90. The number of nitrogens with one attached hydrogen (secondary N) is 1. The van der Waals surface area contributed by atoms with Gasteiger partial charge in [0.1, 0.15) is 0 Å². The van der Waals surface area contributed by atoms with Crippen molar-refractivity contribution >= 4 is 21.6 Å². The van der Waals surface area contributed by atoms with Crippen LogP contribution in [0.15, 0.2) is 30.3 Å². The normalized spacial score (nSPS) is 21.8. The molecule has 0 radical (unpaired) electrons. The second-order valence-corrected chi connectivity index (χ2v) is 10.1. The van der Waals surface area contributed by atoms with Gasteiger partial charge in [-0.3, -0.25) is 4.79 Å². The SMILES string of the molecule is CCCCS(=O)(=O)N1CCC(C(=O)NCC2CCN(c3ccccc3)C2)CC1. The Morgan fingerprint density at radius 3 is 2.50 bits per heavy atom.